The number of nitrogens with one attached hydrogen (secondary N) is 1. The Hall–Kier alpha value is -3.34. The second-order valence-corrected chi connectivity index (χ2v) is 8.00. The maximum absolute atomic E-state index is 12.7. The standard InChI is InChI=1S/C26H29NO4/c1-16(2)23-8-6-7-9-24(23)27-25(28)18(4)31-26(29)17(3)19-10-11-21-15-22(30-5)13-12-20(21)14-19/h6-18H,1-5H3,(H,27,28)/t17-,18-/m0/s1. The van der Waals surface area contributed by atoms with Gasteiger partial charge >= 0.3 is 5.97 Å². The van der Waals surface area contributed by atoms with Crippen LogP contribution in [-0.2, 0) is 14.3 Å². The summed E-state index contributed by atoms with van der Waals surface area (Å²) < 4.78 is 10.7. The highest BCUT2D eigenvalue weighted by Crippen LogP contribution is 2.27. The summed E-state index contributed by atoms with van der Waals surface area (Å²) in [5.41, 5.74) is 2.61. The summed E-state index contributed by atoms with van der Waals surface area (Å²) >= 11 is 0. The van der Waals surface area contributed by atoms with E-state index in [1.165, 1.54) is 0 Å². The lowest BCUT2D eigenvalue weighted by atomic mass is 9.97. The molecule has 0 unspecified atom stereocenters. The molecule has 1 N–H and O–H groups in total. The Kier molecular flexibility index (Phi) is 6.95. The van der Waals surface area contributed by atoms with Gasteiger partial charge in [-0.25, -0.2) is 0 Å². The number of esters is 1. The number of hydrogen-bond donors (Lipinski definition) is 1. The molecule has 31 heavy (non-hydrogen) atoms. The SMILES string of the molecule is COc1ccc2cc([C@H](C)C(=O)O[C@@H](C)C(=O)Nc3ccccc3C(C)C)ccc2c1. The van der Waals surface area contributed by atoms with Crippen molar-refractivity contribution >= 4 is 28.3 Å². The van der Waals surface area contributed by atoms with Crippen LogP contribution >= 0.6 is 0 Å². The van der Waals surface area contributed by atoms with E-state index in [1.54, 1.807) is 21.0 Å². The minimum Gasteiger partial charge on any atom is -0.497 e. The van der Waals surface area contributed by atoms with Gasteiger partial charge in [-0.3, -0.25) is 9.59 Å². The number of amides is 1. The van der Waals surface area contributed by atoms with Gasteiger partial charge < -0.3 is 14.8 Å². The number of methoxy groups -OCH3 is 1. The van der Waals surface area contributed by atoms with Gasteiger partial charge in [-0.15, -0.1) is 0 Å². The molecule has 5 heteroatoms. The third kappa shape index (κ3) is 5.23. The number of rotatable bonds is 7. The Labute approximate surface area is 183 Å². The predicted octanol–water partition coefficient (Wildman–Crippen LogP) is 5.65. The largest absolute Gasteiger partial charge is 0.497 e. The van der Waals surface area contributed by atoms with Crippen LogP contribution in [0.3, 0.4) is 0 Å². The summed E-state index contributed by atoms with van der Waals surface area (Å²) in [7, 11) is 1.63. The number of hydrogen-bond acceptors (Lipinski definition) is 4. The molecule has 5 nitrogen and oxygen atoms in total. The van der Waals surface area contributed by atoms with E-state index in [0.717, 1.165) is 33.3 Å². The molecular weight excluding hydrogens is 390 g/mol. The molecule has 0 aliphatic heterocycles. The third-order valence-corrected chi connectivity index (χ3v) is 5.43. The van der Waals surface area contributed by atoms with Crippen molar-refractivity contribution in [1.29, 1.82) is 0 Å². The summed E-state index contributed by atoms with van der Waals surface area (Å²) in [5.74, 6) is -0.231. The van der Waals surface area contributed by atoms with E-state index in [9.17, 15) is 9.59 Å². The van der Waals surface area contributed by atoms with Crippen LogP contribution in [0.4, 0.5) is 5.69 Å². The number of carbonyl (C=O) groups is 2. The average Bonchev–Trinajstić information content (AvgIpc) is 2.77. The predicted molar refractivity (Wildman–Crippen MR) is 124 cm³/mol. The molecule has 0 saturated heterocycles. The highest BCUT2D eigenvalue weighted by Gasteiger charge is 2.24. The fourth-order valence-electron chi connectivity index (χ4n) is 3.45. The minimum absolute atomic E-state index is 0.266. The molecule has 3 aromatic rings. The van der Waals surface area contributed by atoms with Gasteiger partial charge in [-0.1, -0.05) is 56.3 Å². The molecule has 0 fully saturated rings. The maximum Gasteiger partial charge on any atom is 0.313 e. The first-order valence-electron chi connectivity index (χ1n) is 10.5. The van der Waals surface area contributed by atoms with Gasteiger partial charge in [0, 0.05) is 5.69 Å². The fraction of sp³-hybridized carbons (Fsp3) is 0.308. The van der Waals surface area contributed by atoms with E-state index in [1.807, 2.05) is 60.7 Å². The molecule has 2 atom stereocenters. The highest BCUT2D eigenvalue weighted by molar-refractivity contribution is 5.96. The zero-order valence-electron chi connectivity index (χ0n) is 18.6. The van der Waals surface area contributed by atoms with Gasteiger partial charge in [0.25, 0.3) is 5.91 Å². The van der Waals surface area contributed by atoms with Gasteiger partial charge in [0.1, 0.15) is 5.75 Å². The van der Waals surface area contributed by atoms with Crippen LogP contribution in [-0.4, -0.2) is 25.1 Å². The maximum atomic E-state index is 12.7. The lowest BCUT2D eigenvalue weighted by molar-refractivity contribution is -0.154. The molecule has 0 radical (unpaired) electrons. The van der Waals surface area contributed by atoms with E-state index < -0.39 is 18.0 Å². The molecular formula is C26H29NO4. The van der Waals surface area contributed by atoms with Crippen LogP contribution in [0.5, 0.6) is 5.75 Å². The van der Waals surface area contributed by atoms with Gasteiger partial charge in [-0.05, 0) is 59.9 Å². The van der Waals surface area contributed by atoms with Gasteiger partial charge in [0.05, 0.1) is 13.0 Å². The molecule has 0 bridgehead atoms. The van der Waals surface area contributed by atoms with Crippen molar-refractivity contribution in [1.82, 2.24) is 0 Å². The number of benzene rings is 3. The minimum atomic E-state index is -0.903. The molecule has 0 heterocycles. The molecule has 3 rings (SSSR count). The Morgan fingerprint density at radius 2 is 1.55 bits per heavy atom. The summed E-state index contributed by atoms with van der Waals surface area (Å²) in [5, 5.41) is 4.92. The molecule has 0 aromatic heterocycles. The number of carbonyl (C=O) groups excluding carboxylic acids is 2. The molecule has 0 aliphatic rings. The molecule has 1 amide bonds. The van der Waals surface area contributed by atoms with E-state index in [0.29, 0.717) is 0 Å². The first kappa shape index (κ1) is 22.3. The van der Waals surface area contributed by atoms with E-state index >= 15 is 0 Å². The Bertz CT molecular complexity index is 1090. The van der Waals surface area contributed by atoms with E-state index in [4.69, 9.17) is 9.47 Å². The summed E-state index contributed by atoms with van der Waals surface area (Å²) in [6.45, 7) is 7.50. The lowest BCUT2D eigenvalue weighted by Crippen LogP contribution is -2.31. The smallest absolute Gasteiger partial charge is 0.313 e. The monoisotopic (exact) mass is 419 g/mol. The summed E-state index contributed by atoms with van der Waals surface area (Å²) in [6.07, 6.45) is -0.903. The molecule has 0 aliphatic carbocycles. The molecule has 3 aromatic carbocycles. The fourth-order valence-corrected chi connectivity index (χ4v) is 3.45. The van der Waals surface area contributed by atoms with E-state index in [2.05, 4.69) is 19.2 Å². The zero-order chi connectivity index (χ0) is 22.5. The summed E-state index contributed by atoms with van der Waals surface area (Å²) in [4.78, 5) is 25.3. The zero-order valence-corrected chi connectivity index (χ0v) is 18.6. The van der Waals surface area contributed by atoms with E-state index in [-0.39, 0.29) is 11.8 Å². The average molecular weight is 420 g/mol. The van der Waals surface area contributed by atoms with Crippen molar-refractivity contribution in [2.75, 3.05) is 12.4 Å². The first-order chi connectivity index (χ1) is 14.8. The number of para-hydroxylation sites is 1. The first-order valence-corrected chi connectivity index (χ1v) is 10.5. The normalized spacial score (nSPS) is 13.0. The number of anilines is 1. The van der Waals surface area contributed by atoms with Gasteiger partial charge in [0.15, 0.2) is 6.10 Å². The van der Waals surface area contributed by atoms with Crippen molar-refractivity contribution in [3.63, 3.8) is 0 Å². The van der Waals surface area contributed by atoms with Crippen LogP contribution < -0.4 is 10.1 Å². The highest BCUT2D eigenvalue weighted by atomic mass is 16.5. The van der Waals surface area contributed by atoms with Gasteiger partial charge in [-0.2, -0.15) is 0 Å². The van der Waals surface area contributed by atoms with Crippen molar-refractivity contribution in [3.05, 3.63) is 71.8 Å². The quantitative estimate of drug-likeness (QED) is 0.503. The molecule has 162 valence electrons. The molecule has 0 saturated carbocycles. The van der Waals surface area contributed by atoms with Crippen LogP contribution in [0, 0.1) is 0 Å². The van der Waals surface area contributed by atoms with Crippen molar-refractivity contribution in [2.24, 2.45) is 0 Å². The second kappa shape index (κ2) is 9.65. The Balaban J connectivity index is 1.67. The van der Waals surface area contributed by atoms with Crippen LogP contribution in [0.1, 0.15) is 50.7 Å². The Morgan fingerprint density at radius 1 is 0.871 bits per heavy atom. The second-order valence-electron chi connectivity index (χ2n) is 8.00. The van der Waals surface area contributed by atoms with Gasteiger partial charge in [0.2, 0.25) is 0 Å². The topological polar surface area (TPSA) is 64.6 Å². The Morgan fingerprint density at radius 3 is 2.26 bits per heavy atom. The van der Waals surface area contributed by atoms with Crippen LogP contribution in [0.25, 0.3) is 10.8 Å². The number of ether oxygens (including phenoxy) is 2. The van der Waals surface area contributed by atoms with Crippen LogP contribution in [0.15, 0.2) is 60.7 Å². The number of fused-ring (bicyclic) bond motifs is 1. The summed E-state index contributed by atoms with van der Waals surface area (Å²) in [6, 6.07) is 19.3. The molecule has 0 spiro atoms. The lowest BCUT2D eigenvalue weighted by Gasteiger charge is -2.19. The van der Waals surface area contributed by atoms with Crippen molar-refractivity contribution in [3.8, 4) is 5.75 Å². The van der Waals surface area contributed by atoms with Crippen molar-refractivity contribution < 1.29 is 19.1 Å². The van der Waals surface area contributed by atoms with Crippen molar-refractivity contribution in [2.45, 2.75) is 45.6 Å². The third-order valence-electron chi connectivity index (χ3n) is 5.43. The van der Waals surface area contributed by atoms with Crippen LogP contribution in [0.2, 0.25) is 0 Å².